The number of nitrogens with one attached hydrogen (secondary N) is 1. The van der Waals surface area contributed by atoms with Gasteiger partial charge in [0.2, 0.25) is 10.0 Å². The van der Waals surface area contributed by atoms with E-state index >= 15 is 0 Å². The Kier molecular flexibility index (Phi) is 6.36. The fourth-order valence-electron chi connectivity index (χ4n) is 4.76. The number of rotatable bonds is 7. The van der Waals surface area contributed by atoms with Crippen molar-refractivity contribution in [3.05, 3.63) is 82.9 Å². The van der Waals surface area contributed by atoms with Gasteiger partial charge in [0.1, 0.15) is 11.5 Å². The zero-order valence-electron chi connectivity index (χ0n) is 21.7. The van der Waals surface area contributed by atoms with E-state index in [4.69, 9.17) is 9.47 Å². The lowest BCUT2D eigenvalue weighted by Gasteiger charge is -2.16. The highest BCUT2D eigenvalue weighted by Gasteiger charge is 2.21. The molecule has 0 amide bonds. The summed E-state index contributed by atoms with van der Waals surface area (Å²) in [5, 5.41) is 0.812. The number of nitrogens with zero attached hydrogens (tertiary/aromatic N) is 3. The van der Waals surface area contributed by atoms with Crippen molar-refractivity contribution < 1.29 is 17.9 Å². The minimum atomic E-state index is -3.51. The van der Waals surface area contributed by atoms with Crippen LogP contribution in [0.25, 0.3) is 33.1 Å². The van der Waals surface area contributed by atoms with Crippen LogP contribution in [0.4, 0.5) is 5.69 Å². The van der Waals surface area contributed by atoms with Gasteiger partial charge >= 0.3 is 5.69 Å². The van der Waals surface area contributed by atoms with Crippen molar-refractivity contribution >= 4 is 37.6 Å². The van der Waals surface area contributed by atoms with Gasteiger partial charge in [0.15, 0.2) is 0 Å². The first-order valence-electron chi connectivity index (χ1n) is 11.9. The molecule has 2 heterocycles. The number of hydrogen-bond acceptors (Lipinski definition) is 6. The molecule has 0 bridgehead atoms. The summed E-state index contributed by atoms with van der Waals surface area (Å²) in [5.74, 6) is 1.16. The Morgan fingerprint density at radius 1 is 0.947 bits per heavy atom. The highest BCUT2D eigenvalue weighted by molar-refractivity contribution is 7.92. The minimum Gasteiger partial charge on any atom is -0.497 e. The Morgan fingerprint density at radius 3 is 2.29 bits per heavy atom. The second-order valence-corrected chi connectivity index (χ2v) is 10.9. The largest absolute Gasteiger partial charge is 0.497 e. The van der Waals surface area contributed by atoms with Gasteiger partial charge in [-0.1, -0.05) is 24.3 Å². The van der Waals surface area contributed by atoms with Gasteiger partial charge in [0.05, 0.1) is 55.0 Å². The van der Waals surface area contributed by atoms with Crippen LogP contribution in [0.1, 0.15) is 18.5 Å². The summed E-state index contributed by atoms with van der Waals surface area (Å²) < 4.78 is 40.4. The van der Waals surface area contributed by atoms with Crippen LogP contribution in [0, 0.1) is 0 Å². The molecule has 1 N–H and O–H groups in total. The molecule has 2 aromatic heterocycles. The average molecular weight is 533 g/mol. The third-order valence-electron chi connectivity index (χ3n) is 6.73. The van der Waals surface area contributed by atoms with Crippen LogP contribution in [-0.2, 0) is 17.1 Å². The van der Waals surface area contributed by atoms with Crippen molar-refractivity contribution in [2.45, 2.75) is 13.0 Å². The van der Waals surface area contributed by atoms with E-state index in [0.29, 0.717) is 17.0 Å². The maximum absolute atomic E-state index is 13.5. The standard InChI is InChI=1S/C28H28N4O5S/c1-17(18-6-10-21(36-3)11-7-18)32-27-22-14-19(8-12-23(22)29-16-25(27)31(2)28(32)33)20-9-13-26(37-4)24(15-20)30-38(5,34)35/h6-17,30H,1-5H3/t17-/m1/s1. The lowest BCUT2D eigenvalue weighted by molar-refractivity contribution is 0.414. The van der Waals surface area contributed by atoms with E-state index < -0.39 is 10.0 Å². The average Bonchev–Trinajstić information content (AvgIpc) is 3.17. The lowest BCUT2D eigenvalue weighted by atomic mass is 10.0. The monoisotopic (exact) mass is 532 g/mol. The van der Waals surface area contributed by atoms with Crippen molar-refractivity contribution in [1.82, 2.24) is 14.1 Å². The molecular weight excluding hydrogens is 504 g/mol. The van der Waals surface area contributed by atoms with Crippen LogP contribution in [0.15, 0.2) is 71.7 Å². The molecule has 0 aliphatic heterocycles. The third-order valence-corrected chi connectivity index (χ3v) is 7.32. The molecule has 0 unspecified atom stereocenters. The van der Waals surface area contributed by atoms with Gasteiger partial charge < -0.3 is 9.47 Å². The molecule has 0 radical (unpaired) electrons. The normalized spacial score (nSPS) is 12.6. The first kappa shape index (κ1) is 25.3. The van der Waals surface area contributed by atoms with Crippen molar-refractivity contribution in [2.24, 2.45) is 7.05 Å². The summed E-state index contributed by atoms with van der Waals surface area (Å²) >= 11 is 0. The van der Waals surface area contributed by atoms with Crippen LogP contribution < -0.4 is 19.9 Å². The van der Waals surface area contributed by atoms with Crippen LogP contribution in [0.3, 0.4) is 0 Å². The zero-order valence-corrected chi connectivity index (χ0v) is 22.5. The number of hydrogen-bond donors (Lipinski definition) is 1. The van der Waals surface area contributed by atoms with Crippen molar-refractivity contribution in [3.8, 4) is 22.6 Å². The molecule has 5 rings (SSSR count). The molecule has 5 aromatic rings. The molecule has 9 nitrogen and oxygen atoms in total. The van der Waals surface area contributed by atoms with Gasteiger partial charge in [-0.15, -0.1) is 0 Å². The molecule has 196 valence electrons. The van der Waals surface area contributed by atoms with Gasteiger partial charge in [0.25, 0.3) is 0 Å². The third kappa shape index (κ3) is 4.47. The van der Waals surface area contributed by atoms with Crippen LogP contribution in [0.2, 0.25) is 0 Å². The molecule has 0 aliphatic rings. The number of pyridine rings is 1. The van der Waals surface area contributed by atoms with Gasteiger partial charge in [-0.3, -0.25) is 18.8 Å². The zero-order chi connectivity index (χ0) is 27.2. The molecule has 1 atom stereocenters. The van der Waals surface area contributed by atoms with E-state index in [1.165, 1.54) is 7.11 Å². The molecule has 38 heavy (non-hydrogen) atoms. The number of anilines is 1. The maximum atomic E-state index is 13.5. The molecule has 10 heteroatoms. The van der Waals surface area contributed by atoms with Gasteiger partial charge in [-0.25, -0.2) is 13.2 Å². The number of aryl methyl sites for hydroxylation is 1. The minimum absolute atomic E-state index is 0.146. The first-order chi connectivity index (χ1) is 18.1. The number of sulfonamides is 1. The van der Waals surface area contributed by atoms with Crippen molar-refractivity contribution in [2.75, 3.05) is 25.2 Å². The van der Waals surface area contributed by atoms with Gasteiger partial charge in [-0.2, -0.15) is 0 Å². The molecule has 0 saturated carbocycles. The number of aromatic nitrogens is 3. The fourth-order valence-corrected chi connectivity index (χ4v) is 5.32. The van der Waals surface area contributed by atoms with E-state index in [-0.39, 0.29) is 11.7 Å². The highest BCUT2D eigenvalue weighted by Crippen LogP contribution is 2.34. The Balaban J connectivity index is 1.72. The predicted octanol–water partition coefficient (Wildman–Crippen LogP) is 4.55. The topological polar surface area (TPSA) is 104 Å². The van der Waals surface area contributed by atoms with Crippen LogP contribution in [-0.4, -0.2) is 43.0 Å². The number of fused-ring (bicyclic) bond motifs is 3. The number of ether oxygens (including phenoxy) is 2. The maximum Gasteiger partial charge on any atom is 0.329 e. The van der Waals surface area contributed by atoms with E-state index in [1.807, 2.05) is 55.5 Å². The Hall–Kier alpha value is -4.31. The molecule has 0 aliphatic carbocycles. The van der Waals surface area contributed by atoms with Crippen LogP contribution >= 0.6 is 0 Å². The van der Waals surface area contributed by atoms with Gasteiger partial charge in [0, 0.05) is 12.4 Å². The highest BCUT2D eigenvalue weighted by atomic mass is 32.2. The smallest absolute Gasteiger partial charge is 0.329 e. The number of imidazole rings is 1. The summed E-state index contributed by atoms with van der Waals surface area (Å²) in [5.41, 5.74) is 5.01. The van der Waals surface area contributed by atoms with Crippen LogP contribution in [0.5, 0.6) is 11.5 Å². The second-order valence-electron chi connectivity index (χ2n) is 9.17. The molecule has 3 aromatic carbocycles. The molecule has 0 spiro atoms. The van der Waals surface area contributed by atoms with Crippen molar-refractivity contribution in [3.63, 3.8) is 0 Å². The quantitative estimate of drug-likeness (QED) is 0.330. The van der Waals surface area contributed by atoms with E-state index in [0.717, 1.165) is 45.1 Å². The van der Waals surface area contributed by atoms with E-state index in [1.54, 1.807) is 41.6 Å². The molecular formula is C28H28N4O5S. The molecule has 0 saturated heterocycles. The second kappa shape index (κ2) is 9.53. The predicted molar refractivity (Wildman–Crippen MR) is 150 cm³/mol. The summed E-state index contributed by atoms with van der Waals surface area (Å²) in [4.78, 5) is 18.1. The Labute approximate surface area is 220 Å². The number of methoxy groups -OCH3 is 2. The Morgan fingerprint density at radius 2 is 1.63 bits per heavy atom. The first-order valence-corrected chi connectivity index (χ1v) is 13.8. The molecule has 0 fully saturated rings. The summed E-state index contributed by atoms with van der Waals surface area (Å²) in [6, 6.07) is 18.5. The van der Waals surface area contributed by atoms with E-state index in [9.17, 15) is 13.2 Å². The Bertz CT molecular complexity index is 1840. The van der Waals surface area contributed by atoms with Crippen molar-refractivity contribution in [1.29, 1.82) is 0 Å². The van der Waals surface area contributed by atoms with E-state index in [2.05, 4.69) is 9.71 Å². The SMILES string of the molecule is COc1ccc([C@@H](C)n2c(=O)n(C)c3cnc4ccc(-c5ccc(OC)c(NS(C)(=O)=O)c5)cc4c32)cc1. The lowest BCUT2D eigenvalue weighted by Crippen LogP contribution is -2.25. The fraction of sp³-hybridized carbons (Fsp3) is 0.214. The summed E-state index contributed by atoms with van der Waals surface area (Å²) in [6.45, 7) is 1.99. The summed E-state index contributed by atoms with van der Waals surface area (Å²) in [7, 11) is 1.34. The van der Waals surface area contributed by atoms with Gasteiger partial charge in [-0.05, 0) is 60.0 Å². The number of benzene rings is 3. The summed E-state index contributed by atoms with van der Waals surface area (Å²) in [6.07, 6.45) is 2.81.